The van der Waals surface area contributed by atoms with E-state index in [0.29, 0.717) is 12.0 Å². The van der Waals surface area contributed by atoms with Crippen LogP contribution in [0.5, 0.6) is 0 Å². The summed E-state index contributed by atoms with van der Waals surface area (Å²) >= 11 is 0. The third-order valence-corrected chi connectivity index (χ3v) is 3.60. The normalized spacial score (nSPS) is 23.6. The molecule has 5 heteroatoms. The van der Waals surface area contributed by atoms with Crippen molar-refractivity contribution in [2.24, 2.45) is 5.92 Å². The van der Waals surface area contributed by atoms with Crippen molar-refractivity contribution in [2.45, 2.75) is 25.9 Å². The Labute approximate surface area is 106 Å². The van der Waals surface area contributed by atoms with Crippen molar-refractivity contribution in [1.82, 2.24) is 14.6 Å². The van der Waals surface area contributed by atoms with Crippen molar-refractivity contribution in [2.75, 3.05) is 18.5 Å². The smallest absolute Gasteiger partial charge is 0.152 e. The summed E-state index contributed by atoms with van der Waals surface area (Å²) in [7, 11) is 0. The summed E-state index contributed by atoms with van der Waals surface area (Å²) < 4.78 is 7.53. The molecule has 96 valence electrons. The van der Waals surface area contributed by atoms with Crippen molar-refractivity contribution in [3.63, 3.8) is 0 Å². The zero-order valence-electron chi connectivity index (χ0n) is 10.5. The van der Waals surface area contributed by atoms with E-state index in [1.54, 1.807) is 12.4 Å². The molecule has 2 aromatic heterocycles. The standard InChI is InChI=1S/C13H18N4O/c1-2-12-10(4-8-18-12)9-15-13-11-3-5-16-17(11)7-6-14-13/h3,5-7,10,12H,2,4,8-9H2,1H3,(H,14,15). The van der Waals surface area contributed by atoms with Crippen LogP contribution in [0.4, 0.5) is 5.82 Å². The summed E-state index contributed by atoms with van der Waals surface area (Å²) in [6.07, 6.45) is 8.01. The Morgan fingerprint density at radius 3 is 3.33 bits per heavy atom. The Balaban J connectivity index is 1.71. The molecule has 2 aromatic rings. The molecule has 2 atom stereocenters. The van der Waals surface area contributed by atoms with Gasteiger partial charge in [-0.05, 0) is 18.9 Å². The van der Waals surface area contributed by atoms with E-state index >= 15 is 0 Å². The predicted molar refractivity (Wildman–Crippen MR) is 69.6 cm³/mol. The number of nitrogens with zero attached hydrogens (tertiary/aromatic N) is 3. The first kappa shape index (κ1) is 11.5. The highest BCUT2D eigenvalue weighted by molar-refractivity contribution is 5.66. The van der Waals surface area contributed by atoms with Crippen LogP contribution >= 0.6 is 0 Å². The summed E-state index contributed by atoms with van der Waals surface area (Å²) in [5.74, 6) is 1.48. The summed E-state index contributed by atoms with van der Waals surface area (Å²) in [5.41, 5.74) is 1.02. The highest BCUT2D eigenvalue weighted by atomic mass is 16.5. The largest absolute Gasteiger partial charge is 0.378 e. The van der Waals surface area contributed by atoms with Crippen molar-refractivity contribution in [3.8, 4) is 0 Å². The molecular weight excluding hydrogens is 228 g/mol. The highest BCUT2D eigenvalue weighted by Crippen LogP contribution is 2.24. The SMILES string of the molecule is CCC1OCCC1CNc1nccn2nccc12. The molecule has 1 aliphatic rings. The number of hydrogen-bond donors (Lipinski definition) is 1. The van der Waals surface area contributed by atoms with Crippen LogP contribution in [0.3, 0.4) is 0 Å². The minimum absolute atomic E-state index is 0.391. The molecule has 0 radical (unpaired) electrons. The van der Waals surface area contributed by atoms with Gasteiger partial charge in [0.15, 0.2) is 5.82 Å². The lowest BCUT2D eigenvalue weighted by Crippen LogP contribution is -2.23. The van der Waals surface area contributed by atoms with Gasteiger partial charge in [0.1, 0.15) is 5.52 Å². The van der Waals surface area contributed by atoms with Crippen LogP contribution in [-0.2, 0) is 4.74 Å². The summed E-state index contributed by atoms with van der Waals surface area (Å²) in [4.78, 5) is 4.38. The Bertz CT molecular complexity index is 524. The lowest BCUT2D eigenvalue weighted by Gasteiger charge is -2.17. The second-order valence-electron chi connectivity index (χ2n) is 4.68. The molecule has 5 nitrogen and oxygen atoms in total. The maximum atomic E-state index is 5.70. The molecule has 0 saturated carbocycles. The Kier molecular flexibility index (Phi) is 3.15. The van der Waals surface area contributed by atoms with Gasteiger partial charge in [0, 0.05) is 31.5 Å². The number of anilines is 1. The molecular formula is C13H18N4O. The van der Waals surface area contributed by atoms with E-state index in [-0.39, 0.29) is 0 Å². The lowest BCUT2D eigenvalue weighted by atomic mass is 10.00. The van der Waals surface area contributed by atoms with Gasteiger partial charge in [-0.1, -0.05) is 6.92 Å². The fraction of sp³-hybridized carbons (Fsp3) is 0.538. The first-order valence-electron chi connectivity index (χ1n) is 6.52. The van der Waals surface area contributed by atoms with Gasteiger partial charge in [-0.2, -0.15) is 5.10 Å². The van der Waals surface area contributed by atoms with E-state index in [1.807, 2.05) is 16.8 Å². The zero-order chi connectivity index (χ0) is 12.4. The Hall–Kier alpha value is -1.62. The maximum absolute atomic E-state index is 5.70. The molecule has 0 bridgehead atoms. The van der Waals surface area contributed by atoms with Gasteiger partial charge in [-0.3, -0.25) is 0 Å². The third-order valence-electron chi connectivity index (χ3n) is 3.60. The maximum Gasteiger partial charge on any atom is 0.152 e. The first-order valence-corrected chi connectivity index (χ1v) is 6.52. The molecule has 1 N–H and O–H groups in total. The average Bonchev–Trinajstić information content (AvgIpc) is 3.04. The summed E-state index contributed by atoms with van der Waals surface area (Å²) in [6.45, 7) is 3.98. The lowest BCUT2D eigenvalue weighted by molar-refractivity contribution is 0.0900. The van der Waals surface area contributed by atoms with E-state index < -0.39 is 0 Å². The fourth-order valence-corrected chi connectivity index (χ4v) is 2.60. The van der Waals surface area contributed by atoms with Crippen molar-refractivity contribution >= 4 is 11.3 Å². The van der Waals surface area contributed by atoms with Crippen LogP contribution in [0.2, 0.25) is 0 Å². The van der Waals surface area contributed by atoms with E-state index in [0.717, 1.165) is 37.3 Å². The van der Waals surface area contributed by atoms with Crippen molar-refractivity contribution in [3.05, 3.63) is 24.7 Å². The molecule has 0 aromatic carbocycles. The Morgan fingerprint density at radius 1 is 1.50 bits per heavy atom. The molecule has 0 amide bonds. The van der Waals surface area contributed by atoms with Crippen LogP contribution in [0, 0.1) is 5.92 Å². The van der Waals surface area contributed by atoms with Gasteiger partial charge in [-0.15, -0.1) is 0 Å². The summed E-state index contributed by atoms with van der Waals surface area (Å²) in [5, 5.41) is 7.63. The number of ether oxygens (including phenoxy) is 1. The number of rotatable bonds is 4. The van der Waals surface area contributed by atoms with Crippen molar-refractivity contribution in [1.29, 1.82) is 0 Å². The molecule has 3 rings (SSSR count). The molecule has 18 heavy (non-hydrogen) atoms. The van der Waals surface area contributed by atoms with E-state index in [9.17, 15) is 0 Å². The minimum Gasteiger partial charge on any atom is -0.378 e. The highest BCUT2D eigenvalue weighted by Gasteiger charge is 2.26. The van der Waals surface area contributed by atoms with Crippen LogP contribution in [0.15, 0.2) is 24.7 Å². The van der Waals surface area contributed by atoms with Gasteiger partial charge in [0.25, 0.3) is 0 Å². The molecule has 1 saturated heterocycles. The fourth-order valence-electron chi connectivity index (χ4n) is 2.60. The van der Waals surface area contributed by atoms with E-state index in [1.165, 1.54) is 0 Å². The molecule has 0 aliphatic carbocycles. The van der Waals surface area contributed by atoms with E-state index in [4.69, 9.17) is 4.74 Å². The van der Waals surface area contributed by atoms with Crippen LogP contribution in [0.25, 0.3) is 5.52 Å². The second-order valence-corrected chi connectivity index (χ2v) is 4.68. The molecule has 1 aliphatic heterocycles. The van der Waals surface area contributed by atoms with Gasteiger partial charge in [0.2, 0.25) is 0 Å². The van der Waals surface area contributed by atoms with Crippen LogP contribution < -0.4 is 5.32 Å². The Morgan fingerprint density at radius 2 is 2.44 bits per heavy atom. The first-order chi connectivity index (χ1) is 8.88. The number of nitrogens with one attached hydrogen (secondary N) is 1. The quantitative estimate of drug-likeness (QED) is 0.896. The molecule has 0 spiro atoms. The third kappa shape index (κ3) is 2.06. The van der Waals surface area contributed by atoms with Crippen LogP contribution in [-0.4, -0.2) is 33.9 Å². The van der Waals surface area contributed by atoms with Gasteiger partial charge >= 0.3 is 0 Å². The number of fused-ring (bicyclic) bond motifs is 1. The number of aromatic nitrogens is 3. The average molecular weight is 246 g/mol. The second kappa shape index (κ2) is 4.94. The minimum atomic E-state index is 0.391. The molecule has 3 heterocycles. The van der Waals surface area contributed by atoms with Gasteiger partial charge in [0.05, 0.1) is 12.3 Å². The molecule has 1 fully saturated rings. The predicted octanol–water partition coefficient (Wildman–Crippen LogP) is 1.96. The van der Waals surface area contributed by atoms with E-state index in [2.05, 4.69) is 22.3 Å². The van der Waals surface area contributed by atoms with Crippen molar-refractivity contribution < 1.29 is 4.74 Å². The van der Waals surface area contributed by atoms with Crippen LogP contribution in [0.1, 0.15) is 19.8 Å². The monoisotopic (exact) mass is 246 g/mol. The topological polar surface area (TPSA) is 51.5 Å². The summed E-state index contributed by atoms with van der Waals surface area (Å²) in [6, 6.07) is 1.97. The number of hydrogen-bond acceptors (Lipinski definition) is 4. The van der Waals surface area contributed by atoms with Gasteiger partial charge in [-0.25, -0.2) is 9.50 Å². The zero-order valence-corrected chi connectivity index (χ0v) is 10.5. The molecule has 2 unspecified atom stereocenters. The van der Waals surface area contributed by atoms with Gasteiger partial charge < -0.3 is 10.1 Å².